The van der Waals surface area contributed by atoms with E-state index >= 15 is 0 Å². The number of rotatable bonds is 4. The molecule has 0 bridgehead atoms. The number of amides is 1. The summed E-state index contributed by atoms with van der Waals surface area (Å²) >= 11 is 3.09. The van der Waals surface area contributed by atoms with Crippen LogP contribution in [0.2, 0.25) is 0 Å². The number of carbonyl (C=O) groups is 1. The van der Waals surface area contributed by atoms with Gasteiger partial charge in [0.2, 0.25) is 0 Å². The van der Waals surface area contributed by atoms with Gasteiger partial charge < -0.3 is 11.1 Å². The van der Waals surface area contributed by atoms with Gasteiger partial charge in [0.05, 0.1) is 16.8 Å². The number of nitrogens with zero attached hydrogens (tertiary/aromatic N) is 2. The summed E-state index contributed by atoms with van der Waals surface area (Å²) < 4.78 is 1.77. The monoisotopic (exact) mass is 284 g/mol. The van der Waals surface area contributed by atoms with Crippen LogP contribution in [0.1, 0.15) is 15.4 Å². The normalized spacial score (nSPS) is 11.1. The first-order valence-electron chi connectivity index (χ1n) is 5.55. The Bertz CT molecular complexity index is 587. The minimum atomic E-state index is -0.0952. The van der Waals surface area contributed by atoms with E-state index in [0.29, 0.717) is 17.1 Å². The highest BCUT2D eigenvalue weighted by Gasteiger charge is 2.20. The molecule has 18 heavy (non-hydrogen) atoms. The van der Waals surface area contributed by atoms with Crippen LogP contribution < -0.4 is 11.1 Å². The molecule has 0 aromatic carbocycles. The van der Waals surface area contributed by atoms with Crippen LogP contribution in [0.25, 0.3) is 10.2 Å². The van der Waals surface area contributed by atoms with Crippen LogP contribution in [0, 0.1) is 6.92 Å². The third kappa shape index (κ3) is 2.20. The lowest BCUT2D eigenvalue weighted by Crippen LogP contribution is -2.25. The third-order valence-electron chi connectivity index (χ3n) is 2.68. The molecule has 0 radical (unpaired) electrons. The highest BCUT2D eigenvalue weighted by atomic mass is 32.2. The summed E-state index contributed by atoms with van der Waals surface area (Å²) in [5.41, 5.74) is 7.46. The average Bonchev–Trinajstić information content (AvgIpc) is 2.80. The largest absolute Gasteiger partial charge is 0.397 e. The minimum absolute atomic E-state index is 0.0952. The van der Waals surface area contributed by atoms with Crippen molar-refractivity contribution in [2.24, 2.45) is 7.05 Å². The number of aryl methyl sites for hydroxylation is 2. The van der Waals surface area contributed by atoms with E-state index in [1.807, 2.05) is 20.2 Å². The molecule has 0 saturated heterocycles. The van der Waals surface area contributed by atoms with Gasteiger partial charge in [0.1, 0.15) is 9.71 Å². The lowest BCUT2D eigenvalue weighted by Gasteiger charge is -2.02. The van der Waals surface area contributed by atoms with Crippen molar-refractivity contribution >= 4 is 44.9 Å². The molecule has 0 unspecified atom stereocenters. The van der Waals surface area contributed by atoms with Crippen LogP contribution in [0.3, 0.4) is 0 Å². The summed E-state index contributed by atoms with van der Waals surface area (Å²) in [4.78, 5) is 13.5. The van der Waals surface area contributed by atoms with E-state index in [1.165, 1.54) is 11.3 Å². The molecular formula is C11H16N4OS2. The zero-order chi connectivity index (χ0) is 13.3. The number of hydrogen-bond acceptors (Lipinski definition) is 5. The Kier molecular flexibility index (Phi) is 3.82. The molecule has 2 heterocycles. The fourth-order valence-corrected chi connectivity index (χ4v) is 3.25. The summed E-state index contributed by atoms with van der Waals surface area (Å²) in [5, 5.41) is 8.07. The molecule has 2 rings (SSSR count). The van der Waals surface area contributed by atoms with Crippen molar-refractivity contribution in [3.8, 4) is 0 Å². The molecular weight excluding hydrogens is 268 g/mol. The molecule has 0 aliphatic heterocycles. The molecule has 5 nitrogen and oxygen atoms in total. The quantitative estimate of drug-likeness (QED) is 0.837. The number of carbonyl (C=O) groups excluding carboxylic acids is 1. The molecule has 0 aliphatic carbocycles. The lowest BCUT2D eigenvalue weighted by molar-refractivity contribution is 0.0961. The predicted molar refractivity (Wildman–Crippen MR) is 78.5 cm³/mol. The zero-order valence-corrected chi connectivity index (χ0v) is 12.2. The van der Waals surface area contributed by atoms with Crippen molar-refractivity contribution in [2.45, 2.75) is 6.92 Å². The van der Waals surface area contributed by atoms with Gasteiger partial charge in [-0.1, -0.05) is 0 Å². The number of nitrogens with two attached hydrogens (primary N) is 1. The van der Waals surface area contributed by atoms with Crippen LogP contribution in [0.15, 0.2) is 0 Å². The zero-order valence-electron chi connectivity index (χ0n) is 10.6. The highest BCUT2D eigenvalue weighted by molar-refractivity contribution is 7.98. The van der Waals surface area contributed by atoms with E-state index in [4.69, 9.17) is 5.73 Å². The molecule has 7 heteroatoms. The number of thiophene rings is 1. The second kappa shape index (κ2) is 5.19. The second-order valence-electron chi connectivity index (χ2n) is 3.98. The summed E-state index contributed by atoms with van der Waals surface area (Å²) in [6.45, 7) is 2.56. The lowest BCUT2D eigenvalue weighted by atomic mass is 10.2. The van der Waals surface area contributed by atoms with Crippen molar-refractivity contribution in [2.75, 3.05) is 24.3 Å². The molecule has 0 spiro atoms. The summed E-state index contributed by atoms with van der Waals surface area (Å²) in [6.07, 6.45) is 2.01. The van der Waals surface area contributed by atoms with Gasteiger partial charge in [-0.3, -0.25) is 9.48 Å². The fraction of sp³-hybridized carbons (Fsp3) is 0.455. The molecule has 0 fully saturated rings. The number of nitrogen functional groups attached to an aromatic ring is 1. The maximum absolute atomic E-state index is 12.0. The Balaban J connectivity index is 2.31. The molecule has 1 amide bonds. The molecule has 98 valence electrons. The Labute approximate surface area is 114 Å². The maximum atomic E-state index is 12.0. The molecule has 2 aromatic heterocycles. The van der Waals surface area contributed by atoms with Crippen LogP contribution >= 0.6 is 23.1 Å². The van der Waals surface area contributed by atoms with Crippen LogP contribution in [0.5, 0.6) is 0 Å². The summed E-state index contributed by atoms with van der Waals surface area (Å²) in [6, 6.07) is 0. The van der Waals surface area contributed by atoms with Gasteiger partial charge in [0, 0.05) is 19.3 Å². The number of fused-ring (bicyclic) bond motifs is 1. The average molecular weight is 284 g/mol. The maximum Gasteiger partial charge on any atom is 0.263 e. The Hall–Kier alpha value is -1.21. The van der Waals surface area contributed by atoms with Gasteiger partial charge in [-0.15, -0.1) is 11.3 Å². The van der Waals surface area contributed by atoms with Crippen LogP contribution in [-0.2, 0) is 7.05 Å². The van der Waals surface area contributed by atoms with Crippen LogP contribution in [0.4, 0.5) is 5.69 Å². The smallest absolute Gasteiger partial charge is 0.263 e. The predicted octanol–water partition coefficient (Wildman–Crippen LogP) is 1.62. The summed E-state index contributed by atoms with van der Waals surface area (Å²) in [5.74, 6) is 0.805. The van der Waals surface area contributed by atoms with E-state index in [1.54, 1.807) is 16.4 Å². The first kappa shape index (κ1) is 13.2. The summed E-state index contributed by atoms with van der Waals surface area (Å²) in [7, 11) is 1.86. The van der Waals surface area contributed by atoms with E-state index in [0.717, 1.165) is 21.7 Å². The second-order valence-corrected chi connectivity index (χ2v) is 5.97. The topological polar surface area (TPSA) is 72.9 Å². The molecule has 3 N–H and O–H groups in total. The van der Waals surface area contributed by atoms with E-state index in [-0.39, 0.29) is 5.91 Å². The van der Waals surface area contributed by atoms with Crippen molar-refractivity contribution in [3.63, 3.8) is 0 Å². The Morgan fingerprint density at radius 3 is 2.94 bits per heavy atom. The SMILES string of the molecule is CSCCNC(=O)c1sc2c(c(C)nn2C)c1N. The number of aromatic nitrogens is 2. The van der Waals surface area contributed by atoms with Gasteiger partial charge in [0.15, 0.2) is 0 Å². The van der Waals surface area contributed by atoms with Crippen molar-refractivity contribution in [3.05, 3.63) is 10.6 Å². The Morgan fingerprint density at radius 2 is 2.33 bits per heavy atom. The minimum Gasteiger partial charge on any atom is -0.397 e. The molecule has 2 aromatic rings. The first-order chi connectivity index (χ1) is 8.56. The van der Waals surface area contributed by atoms with Gasteiger partial charge in [0.25, 0.3) is 5.91 Å². The molecule has 0 saturated carbocycles. The number of nitrogens with one attached hydrogen (secondary N) is 1. The van der Waals surface area contributed by atoms with Crippen molar-refractivity contribution in [1.29, 1.82) is 0 Å². The van der Waals surface area contributed by atoms with E-state index < -0.39 is 0 Å². The van der Waals surface area contributed by atoms with Crippen LogP contribution in [-0.4, -0.2) is 34.2 Å². The van der Waals surface area contributed by atoms with Gasteiger partial charge in [-0.05, 0) is 13.2 Å². The van der Waals surface area contributed by atoms with Crippen molar-refractivity contribution in [1.82, 2.24) is 15.1 Å². The van der Waals surface area contributed by atoms with E-state index in [9.17, 15) is 4.79 Å². The van der Waals surface area contributed by atoms with Gasteiger partial charge in [-0.25, -0.2) is 0 Å². The third-order valence-corrected chi connectivity index (χ3v) is 4.56. The number of anilines is 1. The highest BCUT2D eigenvalue weighted by Crippen LogP contribution is 2.35. The Morgan fingerprint density at radius 1 is 1.61 bits per heavy atom. The fourth-order valence-electron chi connectivity index (χ4n) is 1.84. The van der Waals surface area contributed by atoms with Gasteiger partial charge >= 0.3 is 0 Å². The van der Waals surface area contributed by atoms with Gasteiger partial charge in [-0.2, -0.15) is 16.9 Å². The van der Waals surface area contributed by atoms with Crippen molar-refractivity contribution < 1.29 is 4.79 Å². The van der Waals surface area contributed by atoms with E-state index in [2.05, 4.69) is 10.4 Å². The molecule has 0 atom stereocenters. The number of hydrogen-bond donors (Lipinski definition) is 2. The number of thioether (sulfide) groups is 1. The molecule has 0 aliphatic rings. The first-order valence-corrected chi connectivity index (χ1v) is 7.76. The standard InChI is InChI=1S/C11H16N4OS2/c1-6-7-8(12)9(10(16)13-4-5-17-3)18-11(7)15(2)14-6/h4-5,12H2,1-3H3,(H,13,16).